The summed E-state index contributed by atoms with van der Waals surface area (Å²) in [6.45, 7) is 1.82. The van der Waals surface area contributed by atoms with Crippen LogP contribution in [0.25, 0.3) is 22.2 Å². The van der Waals surface area contributed by atoms with E-state index in [4.69, 9.17) is 5.26 Å². The van der Waals surface area contributed by atoms with Crippen molar-refractivity contribution in [3.8, 4) is 17.3 Å². The average molecular weight is 260 g/mol. The Morgan fingerprint density at radius 3 is 2.45 bits per heavy atom. The van der Waals surface area contributed by atoms with Crippen molar-refractivity contribution in [2.45, 2.75) is 6.92 Å². The van der Waals surface area contributed by atoms with Gasteiger partial charge in [0.1, 0.15) is 0 Å². The number of aromatic nitrogens is 1. The fraction of sp³-hybridized carbons (Fsp3) is 0.0588. The van der Waals surface area contributed by atoms with Gasteiger partial charge in [-0.05, 0) is 36.8 Å². The van der Waals surface area contributed by atoms with Crippen molar-refractivity contribution in [3.05, 3.63) is 69.9 Å². The van der Waals surface area contributed by atoms with E-state index in [0.29, 0.717) is 16.5 Å². The highest BCUT2D eigenvalue weighted by molar-refractivity contribution is 5.83. The third-order valence-corrected chi connectivity index (χ3v) is 3.45. The van der Waals surface area contributed by atoms with Crippen LogP contribution >= 0.6 is 0 Å². The van der Waals surface area contributed by atoms with E-state index in [1.165, 1.54) is 0 Å². The lowest BCUT2D eigenvalue weighted by atomic mass is 10.0. The van der Waals surface area contributed by atoms with Gasteiger partial charge >= 0.3 is 0 Å². The van der Waals surface area contributed by atoms with Gasteiger partial charge in [0.15, 0.2) is 5.43 Å². The molecule has 0 amide bonds. The zero-order valence-electron chi connectivity index (χ0n) is 11.0. The van der Waals surface area contributed by atoms with E-state index in [2.05, 4.69) is 11.1 Å². The van der Waals surface area contributed by atoms with Crippen molar-refractivity contribution in [3.63, 3.8) is 0 Å². The Morgan fingerprint density at radius 2 is 1.75 bits per heavy atom. The van der Waals surface area contributed by atoms with Crippen LogP contribution in [0, 0.1) is 18.3 Å². The second-order valence-electron chi connectivity index (χ2n) is 4.69. The number of rotatable bonds is 1. The number of hydrogen-bond acceptors (Lipinski definition) is 2. The number of nitriles is 1. The molecule has 1 heterocycles. The van der Waals surface area contributed by atoms with Gasteiger partial charge in [0.05, 0.1) is 17.3 Å². The molecule has 0 atom stereocenters. The molecule has 0 aliphatic carbocycles. The Morgan fingerprint density at radius 1 is 1.05 bits per heavy atom. The van der Waals surface area contributed by atoms with Crippen LogP contribution in [0.5, 0.6) is 0 Å². The minimum Gasteiger partial charge on any atom is -0.354 e. The van der Waals surface area contributed by atoms with Crippen LogP contribution in [0.2, 0.25) is 0 Å². The summed E-state index contributed by atoms with van der Waals surface area (Å²) in [6.07, 6.45) is 0. The molecule has 1 aromatic heterocycles. The zero-order valence-corrected chi connectivity index (χ0v) is 11.0. The number of aromatic amines is 1. The van der Waals surface area contributed by atoms with E-state index in [-0.39, 0.29) is 5.43 Å². The third kappa shape index (κ3) is 1.88. The van der Waals surface area contributed by atoms with Crippen LogP contribution in [0.3, 0.4) is 0 Å². The van der Waals surface area contributed by atoms with Gasteiger partial charge in [0.25, 0.3) is 0 Å². The predicted octanol–water partition coefficient (Wildman–Crippen LogP) is 3.38. The lowest BCUT2D eigenvalue weighted by Gasteiger charge is -2.08. The molecule has 0 radical (unpaired) electrons. The van der Waals surface area contributed by atoms with Gasteiger partial charge in [0, 0.05) is 16.5 Å². The maximum absolute atomic E-state index is 12.4. The van der Waals surface area contributed by atoms with Crippen molar-refractivity contribution < 1.29 is 0 Å². The Bertz CT molecular complexity index is 883. The summed E-state index contributed by atoms with van der Waals surface area (Å²) in [5.41, 5.74) is 3.87. The first kappa shape index (κ1) is 12.2. The van der Waals surface area contributed by atoms with Gasteiger partial charge in [-0.25, -0.2) is 0 Å². The van der Waals surface area contributed by atoms with Crippen molar-refractivity contribution in [2.75, 3.05) is 0 Å². The molecule has 0 saturated heterocycles. The SMILES string of the molecule is Cc1c(-c2ccc(C#N)cc2)[nH]c2ccccc2c1=O. The molecule has 0 unspecified atom stereocenters. The molecule has 20 heavy (non-hydrogen) atoms. The van der Waals surface area contributed by atoms with Gasteiger partial charge in [0.2, 0.25) is 0 Å². The molecular formula is C17H12N2O. The lowest BCUT2D eigenvalue weighted by molar-refractivity contribution is 1.30. The quantitative estimate of drug-likeness (QED) is 0.729. The Kier molecular flexibility index (Phi) is 2.85. The van der Waals surface area contributed by atoms with Crippen LogP contribution in [0.1, 0.15) is 11.1 Å². The molecule has 0 saturated carbocycles. The van der Waals surface area contributed by atoms with Gasteiger partial charge in [-0.1, -0.05) is 24.3 Å². The van der Waals surface area contributed by atoms with E-state index >= 15 is 0 Å². The van der Waals surface area contributed by atoms with Crippen molar-refractivity contribution >= 4 is 10.9 Å². The standard InChI is InChI=1S/C17H12N2O/c1-11-16(13-8-6-12(10-18)7-9-13)19-15-5-3-2-4-14(15)17(11)20/h2-9H,1H3,(H,19,20). The maximum Gasteiger partial charge on any atom is 0.192 e. The smallest absolute Gasteiger partial charge is 0.192 e. The average Bonchev–Trinajstić information content (AvgIpc) is 2.51. The zero-order chi connectivity index (χ0) is 14.1. The number of nitrogens with one attached hydrogen (secondary N) is 1. The number of nitrogens with zero attached hydrogens (tertiary/aromatic N) is 1. The molecule has 3 heteroatoms. The van der Waals surface area contributed by atoms with Crippen LogP contribution in [-0.2, 0) is 0 Å². The summed E-state index contributed by atoms with van der Waals surface area (Å²) in [5, 5.41) is 9.53. The fourth-order valence-electron chi connectivity index (χ4n) is 2.33. The number of benzene rings is 2. The Labute approximate surface area is 116 Å². The lowest BCUT2D eigenvalue weighted by Crippen LogP contribution is -2.09. The highest BCUT2D eigenvalue weighted by Gasteiger charge is 2.09. The molecular weight excluding hydrogens is 248 g/mol. The molecule has 0 bridgehead atoms. The molecule has 0 fully saturated rings. The summed E-state index contributed by atoms with van der Waals surface area (Å²) in [5.74, 6) is 0. The predicted molar refractivity (Wildman–Crippen MR) is 79.5 cm³/mol. The summed E-state index contributed by atoms with van der Waals surface area (Å²) < 4.78 is 0. The molecule has 0 aliphatic rings. The van der Waals surface area contributed by atoms with Gasteiger partial charge in [-0.15, -0.1) is 0 Å². The maximum atomic E-state index is 12.4. The summed E-state index contributed by atoms with van der Waals surface area (Å²) in [7, 11) is 0. The Hall–Kier alpha value is -2.86. The highest BCUT2D eigenvalue weighted by atomic mass is 16.1. The van der Waals surface area contributed by atoms with Crippen molar-refractivity contribution in [1.82, 2.24) is 4.98 Å². The second-order valence-corrected chi connectivity index (χ2v) is 4.69. The molecule has 3 nitrogen and oxygen atoms in total. The first-order valence-corrected chi connectivity index (χ1v) is 6.33. The van der Waals surface area contributed by atoms with E-state index in [0.717, 1.165) is 16.8 Å². The number of para-hydroxylation sites is 1. The van der Waals surface area contributed by atoms with Crippen LogP contribution in [-0.4, -0.2) is 4.98 Å². The molecule has 3 aromatic rings. The summed E-state index contributed by atoms with van der Waals surface area (Å²) >= 11 is 0. The summed E-state index contributed by atoms with van der Waals surface area (Å²) in [6, 6.07) is 16.8. The number of H-pyrrole nitrogens is 1. The molecule has 96 valence electrons. The molecule has 0 spiro atoms. The van der Waals surface area contributed by atoms with E-state index in [1.54, 1.807) is 12.1 Å². The first-order valence-electron chi connectivity index (χ1n) is 6.33. The van der Waals surface area contributed by atoms with Crippen LogP contribution < -0.4 is 5.43 Å². The normalized spacial score (nSPS) is 10.4. The Balaban J connectivity index is 2.28. The van der Waals surface area contributed by atoms with Crippen molar-refractivity contribution in [1.29, 1.82) is 5.26 Å². The first-order chi connectivity index (χ1) is 9.70. The second kappa shape index (κ2) is 4.67. The van der Waals surface area contributed by atoms with Crippen molar-refractivity contribution in [2.24, 2.45) is 0 Å². The van der Waals surface area contributed by atoms with E-state index in [1.807, 2.05) is 43.3 Å². The topological polar surface area (TPSA) is 56.6 Å². The minimum absolute atomic E-state index is 0.0405. The molecule has 3 rings (SSSR count). The van der Waals surface area contributed by atoms with Gasteiger partial charge in [-0.2, -0.15) is 5.26 Å². The van der Waals surface area contributed by atoms with Crippen LogP contribution in [0.4, 0.5) is 0 Å². The molecule has 2 aromatic carbocycles. The fourth-order valence-corrected chi connectivity index (χ4v) is 2.33. The number of pyridine rings is 1. The largest absolute Gasteiger partial charge is 0.354 e. The highest BCUT2D eigenvalue weighted by Crippen LogP contribution is 2.22. The molecule has 0 aliphatic heterocycles. The van der Waals surface area contributed by atoms with Crippen LogP contribution in [0.15, 0.2) is 53.3 Å². The monoisotopic (exact) mass is 260 g/mol. The number of hydrogen-bond donors (Lipinski definition) is 1. The van der Waals surface area contributed by atoms with Gasteiger partial charge < -0.3 is 4.98 Å². The van der Waals surface area contributed by atoms with Gasteiger partial charge in [-0.3, -0.25) is 4.79 Å². The summed E-state index contributed by atoms with van der Waals surface area (Å²) in [4.78, 5) is 15.7. The van der Waals surface area contributed by atoms with E-state index in [9.17, 15) is 4.79 Å². The third-order valence-electron chi connectivity index (χ3n) is 3.45. The molecule has 1 N–H and O–H groups in total. The van der Waals surface area contributed by atoms with E-state index < -0.39 is 0 Å². The number of fused-ring (bicyclic) bond motifs is 1. The minimum atomic E-state index is 0.0405.